The standard InChI is InChI=1S/C40H38N2O/c1-24(2)29-20-21-31(39-37(29)30-16-10-13-19-36(30)43-39)40-41-34-17-11-12-18-35(34)42(40)38-32(25(3)4)22-28(23-33(38)26(5)6)27-14-8-7-9-15-27/h7-26H,1-6H3. The normalized spacial score (nSPS) is 12.1. The Morgan fingerprint density at radius 2 is 1.23 bits per heavy atom. The maximum Gasteiger partial charge on any atom is 0.149 e. The van der Waals surface area contributed by atoms with Crippen LogP contribution in [0.4, 0.5) is 0 Å². The van der Waals surface area contributed by atoms with Crippen LogP contribution in [0.3, 0.4) is 0 Å². The number of imidazole rings is 1. The minimum Gasteiger partial charge on any atom is -0.455 e. The molecule has 0 bridgehead atoms. The molecule has 0 saturated carbocycles. The van der Waals surface area contributed by atoms with Gasteiger partial charge in [-0.3, -0.25) is 4.57 Å². The zero-order chi connectivity index (χ0) is 29.8. The number of hydrogen-bond acceptors (Lipinski definition) is 2. The second-order valence-electron chi connectivity index (χ2n) is 12.6. The molecule has 2 heterocycles. The predicted molar refractivity (Wildman–Crippen MR) is 181 cm³/mol. The van der Waals surface area contributed by atoms with E-state index in [4.69, 9.17) is 9.40 Å². The Labute approximate surface area is 253 Å². The van der Waals surface area contributed by atoms with Crippen molar-refractivity contribution in [1.29, 1.82) is 0 Å². The van der Waals surface area contributed by atoms with Gasteiger partial charge in [0.1, 0.15) is 17.0 Å². The fourth-order valence-electron chi connectivity index (χ4n) is 6.56. The van der Waals surface area contributed by atoms with Crippen molar-refractivity contribution in [3.63, 3.8) is 0 Å². The first-order valence-corrected chi connectivity index (χ1v) is 15.5. The van der Waals surface area contributed by atoms with Crippen LogP contribution in [0.2, 0.25) is 0 Å². The molecular weight excluding hydrogens is 524 g/mol. The number of hydrogen-bond donors (Lipinski definition) is 0. The van der Waals surface area contributed by atoms with Gasteiger partial charge in [-0.2, -0.15) is 0 Å². The zero-order valence-corrected chi connectivity index (χ0v) is 25.8. The van der Waals surface area contributed by atoms with Crippen LogP contribution in [0.1, 0.15) is 76.0 Å². The Balaban J connectivity index is 1.61. The molecule has 214 valence electrons. The molecule has 5 aromatic carbocycles. The monoisotopic (exact) mass is 562 g/mol. The predicted octanol–water partition coefficient (Wildman–Crippen LogP) is 11.6. The van der Waals surface area contributed by atoms with E-state index in [2.05, 4.69) is 143 Å². The fourth-order valence-corrected chi connectivity index (χ4v) is 6.56. The first kappa shape index (κ1) is 27.2. The summed E-state index contributed by atoms with van der Waals surface area (Å²) in [6, 6.07) is 36.9. The molecule has 0 spiro atoms. The van der Waals surface area contributed by atoms with Crippen LogP contribution >= 0.6 is 0 Å². The fraction of sp³-hybridized carbons (Fsp3) is 0.225. The average molecular weight is 563 g/mol. The number of nitrogens with zero attached hydrogens (tertiary/aromatic N) is 2. The largest absolute Gasteiger partial charge is 0.455 e. The van der Waals surface area contributed by atoms with Crippen molar-refractivity contribution in [1.82, 2.24) is 9.55 Å². The third-order valence-electron chi connectivity index (χ3n) is 8.73. The highest BCUT2D eigenvalue weighted by Crippen LogP contribution is 2.44. The van der Waals surface area contributed by atoms with Crippen LogP contribution in [0, 0.1) is 0 Å². The lowest BCUT2D eigenvalue weighted by atomic mass is 9.88. The van der Waals surface area contributed by atoms with E-state index in [0.29, 0.717) is 17.8 Å². The number of furan rings is 1. The molecule has 7 aromatic rings. The molecule has 43 heavy (non-hydrogen) atoms. The summed E-state index contributed by atoms with van der Waals surface area (Å²) in [4.78, 5) is 5.34. The Kier molecular flexibility index (Phi) is 6.69. The molecule has 0 N–H and O–H groups in total. The Bertz CT molecular complexity index is 2080. The second-order valence-corrected chi connectivity index (χ2v) is 12.6. The molecule has 0 atom stereocenters. The van der Waals surface area contributed by atoms with Gasteiger partial charge in [0.15, 0.2) is 0 Å². The molecular formula is C40H38N2O. The van der Waals surface area contributed by atoms with E-state index in [-0.39, 0.29) is 0 Å². The summed E-state index contributed by atoms with van der Waals surface area (Å²) in [6.07, 6.45) is 0. The van der Waals surface area contributed by atoms with Crippen LogP contribution < -0.4 is 0 Å². The molecule has 0 aliphatic carbocycles. The number of rotatable bonds is 6. The van der Waals surface area contributed by atoms with Crippen molar-refractivity contribution in [3.8, 4) is 28.2 Å². The molecule has 0 saturated heterocycles. The summed E-state index contributed by atoms with van der Waals surface area (Å²) in [5.41, 5.74) is 12.6. The van der Waals surface area contributed by atoms with Crippen molar-refractivity contribution in [2.24, 2.45) is 0 Å². The second kappa shape index (κ2) is 10.6. The van der Waals surface area contributed by atoms with E-state index in [1.807, 2.05) is 6.07 Å². The molecule has 0 aliphatic heterocycles. The summed E-state index contributed by atoms with van der Waals surface area (Å²) in [6.45, 7) is 13.7. The van der Waals surface area contributed by atoms with Crippen molar-refractivity contribution >= 4 is 33.0 Å². The summed E-state index contributed by atoms with van der Waals surface area (Å²) in [5.74, 6) is 1.89. The van der Waals surface area contributed by atoms with Gasteiger partial charge in [-0.15, -0.1) is 0 Å². The Morgan fingerprint density at radius 3 is 1.93 bits per heavy atom. The van der Waals surface area contributed by atoms with Gasteiger partial charge in [0.05, 0.1) is 22.3 Å². The molecule has 7 rings (SSSR count). The lowest BCUT2D eigenvalue weighted by molar-refractivity contribution is 0.668. The molecule has 0 fully saturated rings. The summed E-state index contributed by atoms with van der Waals surface area (Å²) in [5, 5.41) is 2.35. The molecule has 3 heteroatoms. The molecule has 0 unspecified atom stereocenters. The van der Waals surface area contributed by atoms with E-state index >= 15 is 0 Å². The van der Waals surface area contributed by atoms with Gasteiger partial charge in [0.2, 0.25) is 0 Å². The van der Waals surface area contributed by atoms with Gasteiger partial charge >= 0.3 is 0 Å². The first-order chi connectivity index (χ1) is 20.8. The average Bonchev–Trinajstić information content (AvgIpc) is 3.59. The van der Waals surface area contributed by atoms with E-state index < -0.39 is 0 Å². The van der Waals surface area contributed by atoms with E-state index in [9.17, 15) is 0 Å². The maximum atomic E-state index is 6.69. The smallest absolute Gasteiger partial charge is 0.149 e. The third-order valence-corrected chi connectivity index (χ3v) is 8.73. The van der Waals surface area contributed by atoms with E-state index in [0.717, 1.165) is 39.0 Å². The number of fused-ring (bicyclic) bond motifs is 4. The van der Waals surface area contributed by atoms with Crippen LogP contribution in [-0.2, 0) is 0 Å². The highest BCUT2D eigenvalue weighted by atomic mass is 16.3. The minimum atomic E-state index is 0.305. The van der Waals surface area contributed by atoms with E-state index in [1.165, 1.54) is 38.9 Å². The van der Waals surface area contributed by atoms with Crippen molar-refractivity contribution in [2.75, 3.05) is 0 Å². The highest BCUT2D eigenvalue weighted by molar-refractivity contribution is 6.11. The third kappa shape index (κ3) is 4.46. The van der Waals surface area contributed by atoms with Gasteiger partial charge in [0.25, 0.3) is 0 Å². The summed E-state index contributed by atoms with van der Waals surface area (Å²) < 4.78 is 9.10. The van der Waals surface area contributed by atoms with Gasteiger partial charge in [-0.05, 0) is 82.0 Å². The molecule has 0 aliphatic rings. The Hall–Kier alpha value is -4.63. The van der Waals surface area contributed by atoms with Gasteiger partial charge in [-0.1, -0.05) is 108 Å². The van der Waals surface area contributed by atoms with E-state index in [1.54, 1.807) is 0 Å². The van der Waals surface area contributed by atoms with Crippen molar-refractivity contribution < 1.29 is 4.42 Å². The highest BCUT2D eigenvalue weighted by Gasteiger charge is 2.26. The van der Waals surface area contributed by atoms with Crippen LogP contribution in [0.15, 0.2) is 108 Å². The minimum absolute atomic E-state index is 0.305. The summed E-state index contributed by atoms with van der Waals surface area (Å²) in [7, 11) is 0. The maximum absolute atomic E-state index is 6.69. The number of para-hydroxylation sites is 3. The lowest BCUT2D eigenvalue weighted by Gasteiger charge is -2.24. The van der Waals surface area contributed by atoms with Crippen LogP contribution in [0.5, 0.6) is 0 Å². The summed E-state index contributed by atoms with van der Waals surface area (Å²) >= 11 is 0. The van der Waals surface area contributed by atoms with Gasteiger partial charge in [-0.25, -0.2) is 4.98 Å². The zero-order valence-electron chi connectivity index (χ0n) is 25.8. The van der Waals surface area contributed by atoms with Crippen LogP contribution in [0.25, 0.3) is 61.2 Å². The molecule has 0 amide bonds. The lowest BCUT2D eigenvalue weighted by Crippen LogP contribution is -2.09. The SMILES string of the molecule is CC(C)c1cc(-c2ccccc2)cc(C(C)C)c1-n1c(-c2ccc(C(C)C)c3c2oc2ccccc23)nc2ccccc21. The van der Waals surface area contributed by atoms with Crippen molar-refractivity contribution in [2.45, 2.75) is 59.3 Å². The van der Waals surface area contributed by atoms with Crippen molar-refractivity contribution in [3.05, 3.63) is 120 Å². The molecule has 0 radical (unpaired) electrons. The molecule has 3 nitrogen and oxygen atoms in total. The number of benzene rings is 5. The first-order valence-electron chi connectivity index (χ1n) is 15.5. The Morgan fingerprint density at radius 1 is 0.605 bits per heavy atom. The molecule has 2 aromatic heterocycles. The number of aromatic nitrogens is 2. The van der Waals surface area contributed by atoms with Gasteiger partial charge < -0.3 is 4.42 Å². The van der Waals surface area contributed by atoms with Gasteiger partial charge in [0, 0.05) is 10.8 Å². The van der Waals surface area contributed by atoms with Crippen LogP contribution in [-0.4, -0.2) is 9.55 Å². The topological polar surface area (TPSA) is 31.0 Å². The quantitative estimate of drug-likeness (QED) is 0.202.